The lowest BCUT2D eigenvalue weighted by Gasteiger charge is -2.21. The molecule has 2 aromatic rings. The van der Waals surface area contributed by atoms with Gasteiger partial charge >= 0.3 is 0 Å². The van der Waals surface area contributed by atoms with Gasteiger partial charge in [-0.25, -0.2) is 0 Å². The van der Waals surface area contributed by atoms with Crippen LogP contribution in [-0.2, 0) is 13.0 Å². The fourth-order valence-corrected chi connectivity index (χ4v) is 2.77. The molecule has 0 bridgehead atoms. The van der Waals surface area contributed by atoms with E-state index in [4.69, 9.17) is 18.9 Å². The van der Waals surface area contributed by atoms with Gasteiger partial charge in [-0.2, -0.15) is 0 Å². The van der Waals surface area contributed by atoms with E-state index in [0.29, 0.717) is 13.2 Å². The molecule has 0 fully saturated rings. The van der Waals surface area contributed by atoms with Crippen molar-refractivity contribution in [3.8, 4) is 23.0 Å². The van der Waals surface area contributed by atoms with Crippen molar-refractivity contribution in [1.29, 1.82) is 0 Å². The van der Waals surface area contributed by atoms with E-state index in [9.17, 15) is 0 Å². The van der Waals surface area contributed by atoms with E-state index in [1.165, 1.54) is 5.56 Å². The zero-order valence-corrected chi connectivity index (χ0v) is 14.1. The molecule has 0 aliphatic carbocycles. The number of methoxy groups -OCH3 is 2. The number of nitrogens with one attached hydrogen (secondary N) is 1. The van der Waals surface area contributed by atoms with E-state index in [0.717, 1.165) is 48.1 Å². The van der Waals surface area contributed by atoms with Gasteiger partial charge in [-0.1, -0.05) is 18.2 Å². The van der Waals surface area contributed by atoms with E-state index in [2.05, 4.69) is 17.4 Å². The average molecular weight is 329 g/mol. The maximum Gasteiger partial charge on any atom is 0.165 e. The monoisotopic (exact) mass is 329 g/mol. The van der Waals surface area contributed by atoms with Crippen LogP contribution >= 0.6 is 0 Å². The minimum absolute atomic E-state index is 0.607. The average Bonchev–Trinajstić information content (AvgIpc) is 2.65. The first kappa shape index (κ1) is 16.5. The molecular formula is C19H23NO4. The van der Waals surface area contributed by atoms with E-state index in [1.54, 1.807) is 14.2 Å². The first-order valence-electron chi connectivity index (χ1n) is 8.11. The van der Waals surface area contributed by atoms with Crippen LogP contribution < -0.4 is 24.3 Å². The third-order valence-electron chi connectivity index (χ3n) is 4.00. The van der Waals surface area contributed by atoms with Crippen LogP contribution in [0.15, 0.2) is 36.4 Å². The normalized spacial score (nSPS) is 12.8. The number of hydrogen-bond acceptors (Lipinski definition) is 5. The Hall–Kier alpha value is -2.40. The van der Waals surface area contributed by atoms with Crippen LogP contribution in [0.25, 0.3) is 0 Å². The smallest absolute Gasteiger partial charge is 0.165 e. The summed E-state index contributed by atoms with van der Waals surface area (Å²) >= 11 is 0. The van der Waals surface area contributed by atoms with Gasteiger partial charge in [0.1, 0.15) is 13.2 Å². The van der Waals surface area contributed by atoms with Gasteiger partial charge in [0.05, 0.1) is 14.2 Å². The summed E-state index contributed by atoms with van der Waals surface area (Å²) in [6.07, 6.45) is 0.909. The lowest BCUT2D eigenvalue weighted by molar-refractivity contribution is 0.169. The second kappa shape index (κ2) is 7.93. The molecule has 128 valence electrons. The zero-order valence-electron chi connectivity index (χ0n) is 14.1. The van der Waals surface area contributed by atoms with Crippen molar-refractivity contribution in [2.75, 3.05) is 34.0 Å². The molecule has 0 atom stereocenters. The molecule has 0 unspecified atom stereocenters. The second-order valence-corrected chi connectivity index (χ2v) is 5.56. The summed E-state index contributed by atoms with van der Waals surface area (Å²) in [6.45, 7) is 2.83. The number of ether oxygens (including phenoxy) is 4. The Bertz CT molecular complexity index is 687. The van der Waals surface area contributed by atoms with Crippen molar-refractivity contribution in [3.05, 3.63) is 47.5 Å². The van der Waals surface area contributed by atoms with Crippen LogP contribution in [0.3, 0.4) is 0 Å². The maximum absolute atomic E-state index is 5.73. The molecule has 0 amide bonds. The van der Waals surface area contributed by atoms with E-state index >= 15 is 0 Å². The van der Waals surface area contributed by atoms with E-state index < -0.39 is 0 Å². The highest BCUT2D eigenvalue weighted by atomic mass is 16.6. The van der Waals surface area contributed by atoms with Crippen LogP contribution in [-0.4, -0.2) is 34.0 Å². The Morgan fingerprint density at radius 3 is 2.67 bits per heavy atom. The Labute approximate surface area is 142 Å². The van der Waals surface area contributed by atoms with Crippen LogP contribution in [0.4, 0.5) is 0 Å². The first-order valence-corrected chi connectivity index (χ1v) is 8.11. The summed E-state index contributed by atoms with van der Waals surface area (Å²) in [6, 6.07) is 12.0. The minimum Gasteiger partial charge on any atom is -0.493 e. The van der Waals surface area contributed by atoms with Gasteiger partial charge < -0.3 is 24.3 Å². The summed E-state index contributed by atoms with van der Waals surface area (Å²) in [5.74, 6) is 3.21. The molecule has 3 rings (SSSR count). The predicted octanol–water partition coefficient (Wildman–Crippen LogP) is 2.81. The number of para-hydroxylation sites is 1. The topological polar surface area (TPSA) is 49.0 Å². The van der Waals surface area contributed by atoms with Crippen LogP contribution in [0.2, 0.25) is 0 Å². The molecule has 24 heavy (non-hydrogen) atoms. The molecule has 0 radical (unpaired) electrons. The molecule has 0 saturated carbocycles. The van der Waals surface area contributed by atoms with E-state index in [-0.39, 0.29) is 0 Å². The predicted molar refractivity (Wildman–Crippen MR) is 92.4 cm³/mol. The molecule has 1 aliphatic rings. The highest BCUT2D eigenvalue weighted by Crippen LogP contribution is 2.33. The third-order valence-corrected chi connectivity index (χ3v) is 4.00. The molecule has 5 heteroatoms. The lowest BCUT2D eigenvalue weighted by Crippen LogP contribution is -2.20. The summed E-state index contributed by atoms with van der Waals surface area (Å²) in [4.78, 5) is 0. The third kappa shape index (κ3) is 3.74. The van der Waals surface area contributed by atoms with Gasteiger partial charge in [-0.05, 0) is 36.7 Å². The Morgan fingerprint density at radius 1 is 1.00 bits per heavy atom. The van der Waals surface area contributed by atoms with Crippen molar-refractivity contribution < 1.29 is 18.9 Å². The van der Waals surface area contributed by atoms with Crippen molar-refractivity contribution in [2.24, 2.45) is 0 Å². The molecule has 1 heterocycles. The van der Waals surface area contributed by atoms with Crippen molar-refractivity contribution >= 4 is 0 Å². The van der Waals surface area contributed by atoms with Crippen molar-refractivity contribution in [1.82, 2.24) is 5.32 Å². The molecule has 1 aliphatic heterocycles. The highest BCUT2D eigenvalue weighted by molar-refractivity contribution is 5.47. The summed E-state index contributed by atoms with van der Waals surface area (Å²) < 4.78 is 21.9. The fourth-order valence-electron chi connectivity index (χ4n) is 2.77. The summed E-state index contributed by atoms with van der Waals surface area (Å²) in [5, 5.41) is 3.46. The Kier molecular flexibility index (Phi) is 5.43. The van der Waals surface area contributed by atoms with Gasteiger partial charge in [-0.15, -0.1) is 0 Å². The quantitative estimate of drug-likeness (QED) is 0.792. The van der Waals surface area contributed by atoms with Crippen LogP contribution in [0, 0.1) is 0 Å². The summed E-state index contributed by atoms with van der Waals surface area (Å²) in [5.41, 5.74) is 2.33. The maximum atomic E-state index is 5.73. The molecular weight excluding hydrogens is 306 g/mol. The van der Waals surface area contributed by atoms with Crippen LogP contribution in [0.1, 0.15) is 11.1 Å². The van der Waals surface area contributed by atoms with Gasteiger partial charge in [0.25, 0.3) is 0 Å². The lowest BCUT2D eigenvalue weighted by atomic mass is 10.1. The Morgan fingerprint density at radius 2 is 1.83 bits per heavy atom. The molecule has 0 spiro atoms. The number of rotatable bonds is 7. The van der Waals surface area contributed by atoms with Gasteiger partial charge in [-0.3, -0.25) is 0 Å². The summed E-state index contributed by atoms with van der Waals surface area (Å²) in [7, 11) is 3.30. The number of hydrogen-bond donors (Lipinski definition) is 1. The number of benzene rings is 2. The Balaban J connectivity index is 1.54. The van der Waals surface area contributed by atoms with Gasteiger partial charge in [0, 0.05) is 12.1 Å². The molecule has 1 N–H and O–H groups in total. The fraction of sp³-hybridized carbons (Fsp3) is 0.368. The SMILES string of the molecule is COc1ccc(CCNCc2cccc3c2OCCO3)cc1OC. The largest absolute Gasteiger partial charge is 0.493 e. The molecule has 5 nitrogen and oxygen atoms in total. The van der Waals surface area contributed by atoms with Crippen LogP contribution in [0.5, 0.6) is 23.0 Å². The molecule has 2 aromatic carbocycles. The number of fused-ring (bicyclic) bond motifs is 1. The minimum atomic E-state index is 0.607. The van der Waals surface area contributed by atoms with Crippen molar-refractivity contribution in [3.63, 3.8) is 0 Å². The zero-order chi connectivity index (χ0) is 16.8. The highest BCUT2D eigenvalue weighted by Gasteiger charge is 2.14. The first-order chi connectivity index (χ1) is 11.8. The second-order valence-electron chi connectivity index (χ2n) is 5.56. The van der Waals surface area contributed by atoms with Gasteiger partial charge in [0.15, 0.2) is 23.0 Å². The standard InChI is InChI=1S/C19H23NO4/c1-21-16-7-6-14(12-18(16)22-2)8-9-20-13-15-4-3-5-17-19(15)24-11-10-23-17/h3-7,12,20H,8-11,13H2,1-2H3. The molecule has 0 aromatic heterocycles. The van der Waals surface area contributed by atoms with Crippen molar-refractivity contribution in [2.45, 2.75) is 13.0 Å². The molecule has 0 saturated heterocycles. The van der Waals surface area contributed by atoms with Gasteiger partial charge in [0.2, 0.25) is 0 Å². The van der Waals surface area contributed by atoms with E-state index in [1.807, 2.05) is 24.3 Å².